The van der Waals surface area contributed by atoms with Crippen molar-refractivity contribution in [1.82, 2.24) is 15.5 Å². The minimum atomic E-state index is -0.276. The molecule has 0 aliphatic rings. The SMILES string of the molecule is COc1ccc(C(=O)NCc2nnc(-c3ccccc3C)o2)cc1OC. The van der Waals surface area contributed by atoms with Gasteiger partial charge in [0.1, 0.15) is 0 Å². The van der Waals surface area contributed by atoms with Crippen LogP contribution in [0.4, 0.5) is 0 Å². The Morgan fingerprint density at radius 2 is 1.85 bits per heavy atom. The predicted molar refractivity (Wildman–Crippen MR) is 95.2 cm³/mol. The molecule has 3 aromatic rings. The number of nitrogens with one attached hydrogen (secondary N) is 1. The molecule has 1 N–H and O–H groups in total. The lowest BCUT2D eigenvalue weighted by Crippen LogP contribution is -2.23. The van der Waals surface area contributed by atoms with E-state index in [1.807, 2.05) is 31.2 Å². The maximum atomic E-state index is 12.3. The summed E-state index contributed by atoms with van der Waals surface area (Å²) >= 11 is 0. The van der Waals surface area contributed by atoms with Gasteiger partial charge in [-0.15, -0.1) is 10.2 Å². The summed E-state index contributed by atoms with van der Waals surface area (Å²) in [5.74, 6) is 1.53. The maximum absolute atomic E-state index is 12.3. The second-order valence-corrected chi connectivity index (χ2v) is 5.57. The second-order valence-electron chi connectivity index (χ2n) is 5.57. The Kier molecular flexibility index (Phi) is 5.17. The highest BCUT2D eigenvalue weighted by molar-refractivity contribution is 5.94. The molecule has 0 unspecified atom stereocenters. The lowest BCUT2D eigenvalue weighted by atomic mass is 10.1. The zero-order valence-corrected chi connectivity index (χ0v) is 14.8. The Hall–Kier alpha value is -3.35. The first kappa shape index (κ1) is 17.5. The largest absolute Gasteiger partial charge is 0.493 e. The van der Waals surface area contributed by atoms with Gasteiger partial charge in [0.15, 0.2) is 11.5 Å². The van der Waals surface area contributed by atoms with Gasteiger partial charge >= 0.3 is 0 Å². The van der Waals surface area contributed by atoms with Crippen LogP contribution in [-0.4, -0.2) is 30.3 Å². The summed E-state index contributed by atoms with van der Waals surface area (Å²) in [6.45, 7) is 2.10. The van der Waals surface area contributed by atoms with E-state index in [-0.39, 0.29) is 12.5 Å². The van der Waals surface area contributed by atoms with Gasteiger partial charge in [-0.2, -0.15) is 0 Å². The Bertz CT molecular complexity index is 921. The smallest absolute Gasteiger partial charge is 0.251 e. The normalized spacial score (nSPS) is 10.4. The van der Waals surface area contributed by atoms with Gasteiger partial charge in [0.25, 0.3) is 5.91 Å². The van der Waals surface area contributed by atoms with Crippen molar-refractivity contribution >= 4 is 5.91 Å². The van der Waals surface area contributed by atoms with Crippen LogP contribution in [0.1, 0.15) is 21.8 Å². The fourth-order valence-electron chi connectivity index (χ4n) is 2.48. The van der Waals surface area contributed by atoms with E-state index in [0.717, 1.165) is 11.1 Å². The molecule has 0 aliphatic carbocycles. The molecule has 0 radical (unpaired) electrons. The van der Waals surface area contributed by atoms with Crippen molar-refractivity contribution in [2.75, 3.05) is 14.2 Å². The zero-order valence-electron chi connectivity index (χ0n) is 14.8. The first-order chi connectivity index (χ1) is 12.6. The van der Waals surface area contributed by atoms with Crippen LogP contribution in [0.15, 0.2) is 46.9 Å². The van der Waals surface area contributed by atoms with Crippen molar-refractivity contribution in [1.29, 1.82) is 0 Å². The van der Waals surface area contributed by atoms with Crippen LogP contribution in [0.5, 0.6) is 11.5 Å². The quantitative estimate of drug-likeness (QED) is 0.733. The van der Waals surface area contributed by atoms with Crippen LogP contribution < -0.4 is 14.8 Å². The molecule has 1 amide bonds. The van der Waals surface area contributed by atoms with E-state index in [4.69, 9.17) is 13.9 Å². The molecule has 0 aliphatic heterocycles. The molecular formula is C19H19N3O4. The van der Waals surface area contributed by atoms with Gasteiger partial charge in [0, 0.05) is 11.1 Å². The van der Waals surface area contributed by atoms with Crippen molar-refractivity contribution in [3.8, 4) is 23.0 Å². The molecule has 134 valence electrons. The molecule has 0 spiro atoms. The third-order valence-electron chi connectivity index (χ3n) is 3.89. The number of methoxy groups -OCH3 is 2. The average Bonchev–Trinajstić information content (AvgIpc) is 3.14. The van der Waals surface area contributed by atoms with Gasteiger partial charge in [0.2, 0.25) is 11.8 Å². The van der Waals surface area contributed by atoms with Crippen molar-refractivity contribution < 1.29 is 18.7 Å². The van der Waals surface area contributed by atoms with Gasteiger partial charge in [-0.25, -0.2) is 0 Å². The van der Waals surface area contributed by atoms with Gasteiger partial charge in [0.05, 0.1) is 20.8 Å². The number of hydrogen-bond donors (Lipinski definition) is 1. The molecule has 3 rings (SSSR count). The molecular weight excluding hydrogens is 334 g/mol. The maximum Gasteiger partial charge on any atom is 0.251 e. The van der Waals surface area contributed by atoms with E-state index in [9.17, 15) is 4.79 Å². The molecule has 1 heterocycles. The highest BCUT2D eigenvalue weighted by Gasteiger charge is 2.14. The predicted octanol–water partition coefficient (Wildman–Crippen LogP) is 2.99. The average molecular weight is 353 g/mol. The Labute approximate surface area is 151 Å². The molecule has 0 bridgehead atoms. The second kappa shape index (κ2) is 7.69. The van der Waals surface area contributed by atoms with Crippen molar-refractivity contribution in [3.63, 3.8) is 0 Å². The number of hydrogen-bond acceptors (Lipinski definition) is 6. The number of benzene rings is 2. The summed E-state index contributed by atoms with van der Waals surface area (Å²) in [5, 5.41) is 10.8. The number of carbonyl (C=O) groups excluding carboxylic acids is 1. The third-order valence-corrected chi connectivity index (χ3v) is 3.89. The van der Waals surface area contributed by atoms with Crippen molar-refractivity contribution in [2.45, 2.75) is 13.5 Å². The Morgan fingerprint density at radius 3 is 2.58 bits per heavy atom. The molecule has 26 heavy (non-hydrogen) atoms. The molecule has 2 aromatic carbocycles. The zero-order chi connectivity index (χ0) is 18.5. The summed E-state index contributed by atoms with van der Waals surface area (Å²) in [6, 6.07) is 12.7. The molecule has 0 saturated heterocycles. The van der Waals surface area contributed by atoms with Crippen molar-refractivity contribution in [2.24, 2.45) is 0 Å². The lowest BCUT2D eigenvalue weighted by Gasteiger charge is -2.09. The molecule has 1 aromatic heterocycles. The van der Waals surface area contributed by atoms with E-state index < -0.39 is 0 Å². The van der Waals surface area contributed by atoms with E-state index in [1.165, 1.54) is 7.11 Å². The van der Waals surface area contributed by atoms with Crippen LogP contribution in [-0.2, 0) is 6.54 Å². The number of aromatic nitrogens is 2. The van der Waals surface area contributed by atoms with Crippen LogP contribution in [0.3, 0.4) is 0 Å². The molecule has 7 heteroatoms. The summed E-state index contributed by atoms with van der Waals surface area (Å²) in [6.07, 6.45) is 0. The van der Waals surface area contributed by atoms with E-state index in [0.29, 0.717) is 28.8 Å². The van der Waals surface area contributed by atoms with Crippen molar-refractivity contribution in [3.05, 3.63) is 59.5 Å². The fraction of sp³-hybridized carbons (Fsp3) is 0.211. The number of aryl methyl sites for hydroxylation is 1. The highest BCUT2D eigenvalue weighted by atomic mass is 16.5. The van der Waals surface area contributed by atoms with Crippen LogP contribution >= 0.6 is 0 Å². The first-order valence-electron chi connectivity index (χ1n) is 8.01. The minimum Gasteiger partial charge on any atom is -0.493 e. The number of amides is 1. The van der Waals surface area contributed by atoms with Crippen LogP contribution in [0.25, 0.3) is 11.5 Å². The molecule has 7 nitrogen and oxygen atoms in total. The van der Waals surface area contributed by atoms with Gasteiger partial charge < -0.3 is 19.2 Å². The molecule has 0 saturated carbocycles. The molecule has 0 fully saturated rings. The minimum absolute atomic E-state index is 0.131. The Morgan fingerprint density at radius 1 is 1.08 bits per heavy atom. The summed E-state index contributed by atoms with van der Waals surface area (Å²) in [7, 11) is 3.06. The third kappa shape index (κ3) is 3.66. The van der Waals surface area contributed by atoms with E-state index in [1.54, 1.807) is 25.3 Å². The monoisotopic (exact) mass is 353 g/mol. The number of nitrogens with zero attached hydrogens (tertiary/aromatic N) is 2. The number of carbonyl (C=O) groups is 1. The summed E-state index contributed by atoms with van der Waals surface area (Å²) in [5.41, 5.74) is 2.36. The topological polar surface area (TPSA) is 86.5 Å². The molecule has 0 atom stereocenters. The first-order valence-corrected chi connectivity index (χ1v) is 8.01. The van der Waals surface area contributed by atoms with Gasteiger partial charge in [-0.3, -0.25) is 4.79 Å². The summed E-state index contributed by atoms with van der Waals surface area (Å²) in [4.78, 5) is 12.3. The highest BCUT2D eigenvalue weighted by Crippen LogP contribution is 2.27. The van der Waals surface area contributed by atoms with E-state index in [2.05, 4.69) is 15.5 Å². The Balaban J connectivity index is 1.68. The standard InChI is InChI=1S/C19H19N3O4/c1-12-6-4-5-7-14(12)19-22-21-17(26-19)11-20-18(23)13-8-9-15(24-2)16(10-13)25-3/h4-10H,11H2,1-3H3,(H,20,23). The van der Waals surface area contributed by atoms with Gasteiger partial charge in [-0.1, -0.05) is 18.2 Å². The van der Waals surface area contributed by atoms with E-state index >= 15 is 0 Å². The number of rotatable bonds is 6. The lowest BCUT2D eigenvalue weighted by molar-refractivity contribution is 0.0947. The van der Waals surface area contributed by atoms with Gasteiger partial charge in [-0.05, 0) is 36.8 Å². The van der Waals surface area contributed by atoms with Crippen LogP contribution in [0, 0.1) is 6.92 Å². The number of ether oxygens (including phenoxy) is 2. The fourth-order valence-corrected chi connectivity index (χ4v) is 2.48. The van der Waals surface area contributed by atoms with Crippen LogP contribution in [0.2, 0.25) is 0 Å². The summed E-state index contributed by atoms with van der Waals surface area (Å²) < 4.78 is 16.0.